The van der Waals surface area contributed by atoms with Crippen LogP contribution in [0.4, 0.5) is 5.69 Å². The SMILES string of the molecule is CN(C(=O)COC(=O)c1ccc(Cl)s1)c1ccccc1C(=O)NCc1ccco1. The average Bonchev–Trinajstić information content (AvgIpc) is 3.41. The fourth-order valence-corrected chi connectivity index (χ4v) is 3.42. The largest absolute Gasteiger partial charge is 0.467 e. The summed E-state index contributed by atoms with van der Waals surface area (Å²) in [5.41, 5.74) is 0.705. The molecule has 1 aromatic carbocycles. The Morgan fingerprint density at radius 2 is 1.93 bits per heavy atom. The summed E-state index contributed by atoms with van der Waals surface area (Å²) in [7, 11) is 1.51. The molecule has 0 fully saturated rings. The number of halogens is 1. The number of esters is 1. The van der Waals surface area contributed by atoms with E-state index in [9.17, 15) is 14.4 Å². The summed E-state index contributed by atoms with van der Waals surface area (Å²) >= 11 is 6.86. The van der Waals surface area contributed by atoms with Crippen LogP contribution in [-0.4, -0.2) is 31.4 Å². The summed E-state index contributed by atoms with van der Waals surface area (Å²) in [6, 6.07) is 13.2. The standard InChI is InChI=1S/C20H17ClN2O5S/c1-23(18(24)12-28-20(26)16-8-9-17(21)29-16)15-7-3-2-6-14(15)19(25)22-11-13-5-4-10-27-13/h2-10H,11-12H2,1H3,(H,22,25). The summed E-state index contributed by atoms with van der Waals surface area (Å²) in [5.74, 6) is -0.858. The first-order chi connectivity index (χ1) is 14.0. The summed E-state index contributed by atoms with van der Waals surface area (Å²) < 4.78 is 10.7. The van der Waals surface area contributed by atoms with Crippen LogP contribution < -0.4 is 10.2 Å². The molecular formula is C20H17ClN2O5S. The van der Waals surface area contributed by atoms with Crippen LogP contribution in [0.2, 0.25) is 4.34 Å². The van der Waals surface area contributed by atoms with Gasteiger partial charge in [0.2, 0.25) is 0 Å². The minimum absolute atomic E-state index is 0.221. The molecule has 0 atom stereocenters. The molecule has 3 aromatic rings. The predicted octanol–water partition coefficient (Wildman–Crippen LogP) is 3.74. The van der Waals surface area contributed by atoms with Gasteiger partial charge in [0, 0.05) is 7.05 Å². The van der Waals surface area contributed by atoms with Crippen LogP contribution in [0.5, 0.6) is 0 Å². The number of carbonyl (C=O) groups is 3. The second-order valence-electron chi connectivity index (χ2n) is 5.91. The molecule has 150 valence electrons. The Morgan fingerprint density at radius 3 is 2.62 bits per heavy atom. The third-order valence-electron chi connectivity index (χ3n) is 3.99. The number of nitrogens with zero attached hydrogens (tertiary/aromatic N) is 1. The average molecular weight is 433 g/mol. The topological polar surface area (TPSA) is 88.8 Å². The first-order valence-electron chi connectivity index (χ1n) is 8.54. The molecule has 0 saturated carbocycles. The molecule has 0 aliphatic carbocycles. The molecule has 0 saturated heterocycles. The van der Waals surface area contributed by atoms with Gasteiger partial charge in [-0.25, -0.2) is 4.79 Å². The lowest BCUT2D eigenvalue weighted by molar-refractivity contribution is -0.121. The molecule has 0 aliphatic rings. The van der Waals surface area contributed by atoms with Crippen LogP contribution in [0.15, 0.2) is 59.2 Å². The molecule has 7 nitrogen and oxygen atoms in total. The molecule has 0 radical (unpaired) electrons. The number of benzene rings is 1. The van der Waals surface area contributed by atoms with Gasteiger partial charge in [-0.15, -0.1) is 11.3 Å². The van der Waals surface area contributed by atoms with Gasteiger partial charge in [-0.05, 0) is 36.4 Å². The Balaban J connectivity index is 1.63. The Hall–Kier alpha value is -3.10. The number of nitrogens with one attached hydrogen (secondary N) is 1. The molecule has 29 heavy (non-hydrogen) atoms. The summed E-state index contributed by atoms with van der Waals surface area (Å²) in [6.45, 7) is -0.244. The molecule has 0 unspecified atom stereocenters. The van der Waals surface area contributed by atoms with Crippen molar-refractivity contribution in [3.8, 4) is 0 Å². The second kappa shape index (κ2) is 9.40. The maximum Gasteiger partial charge on any atom is 0.348 e. The van der Waals surface area contributed by atoms with Crippen LogP contribution in [0, 0.1) is 0 Å². The van der Waals surface area contributed by atoms with Gasteiger partial charge in [0.1, 0.15) is 10.6 Å². The molecule has 1 N–H and O–H groups in total. The first-order valence-corrected chi connectivity index (χ1v) is 9.74. The van der Waals surface area contributed by atoms with Crippen molar-refractivity contribution in [2.75, 3.05) is 18.6 Å². The Bertz CT molecular complexity index is 1020. The Morgan fingerprint density at radius 1 is 1.14 bits per heavy atom. The predicted molar refractivity (Wildman–Crippen MR) is 109 cm³/mol. The van der Waals surface area contributed by atoms with Gasteiger partial charge in [-0.1, -0.05) is 23.7 Å². The van der Waals surface area contributed by atoms with Crippen molar-refractivity contribution in [3.63, 3.8) is 0 Å². The van der Waals surface area contributed by atoms with Gasteiger partial charge >= 0.3 is 5.97 Å². The van der Waals surface area contributed by atoms with E-state index in [4.69, 9.17) is 20.8 Å². The fraction of sp³-hybridized carbons (Fsp3) is 0.150. The molecule has 2 amide bonds. The molecule has 2 heterocycles. The lowest BCUT2D eigenvalue weighted by Gasteiger charge is -2.20. The van der Waals surface area contributed by atoms with E-state index < -0.39 is 18.5 Å². The van der Waals surface area contributed by atoms with E-state index in [1.165, 1.54) is 24.3 Å². The molecule has 0 spiro atoms. The number of likely N-dealkylation sites (N-methyl/N-ethyl adjacent to an activating group) is 1. The van der Waals surface area contributed by atoms with Crippen LogP contribution in [0.1, 0.15) is 25.8 Å². The Kier molecular flexibility index (Phi) is 6.69. The molecule has 3 rings (SSSR count). The van der Waals surface area contributed by atoms with E-state index in [0.717, 1.165) is 11.3 Å². The number of thiophene rings is 1. The number of ether oxygens (including phenoxy) is 1. The van der Waals surface area contributed by atoms with E-state index >= 15 is 0 Å². The van der Waals surface area contributed by atoms with Gasteiger partial charge in [0.05, 0.1) is 28.4 Å². The highest BCUT2D eigenvalue weighted by Crippen LogP contribution is 2.23. The van der Waals surface area contributed by atoms with Crippen molar-refractivity contribution < 1.29 is 23.5 Å². The third kappa shape index (κ3) is 5.24. The highest BCUT2D eigenvalue weighted by molar-refractivity contribution is 7.17. The summed E-state index contributed by atoms with van der Waals surface area (Å²) in [6.07, 6.45) is 1.52. The van der Waals surface area contributed by atoms with Gasteiger partial charge in [0.15, 0.2) is 6.61 Å². The molecular weight excluding hydrogens is 416 g/mol. The van der Waals surface area contributed by atoms with Gasteiger partial charge < -0.3 is 19.4 Å². The first kappa shape index (κ1) is 20.6. The van der Waals surface area contributed by atoms with E-state index in [1.807, 2.05) is 0 Å². The molecule has 2 aromatic heterocycles. The number of hydrogen-bond acceptors (Lipinski definition) is 6. The van der Waals surface area contributed by atoms with Crippen molar-refractivity contribution in [2.24, 2.45) is 0 Å². The quantitative estimate of drug-likeness (QED) is 0.574. The molecule has 0 aliphatic heterocycles. The van der Waals surface area contributed by atoms with Gasteiger partial charge in [-0.2, -0.15) is 0 Å². The molecule has 9 heteroatoms. The highest BCUT2D eigenvalue weighted by atomic mass is 35.5. The van der Waals surface area contributed by atoms with Crippen molar-refractivity contribution in [2.45, 2.75) is 6.54 Å². The highest BCUT2D eigenvalue weighted by Gasteiger charge is 2.20. The fourth-order valence-electron chi connectivity index (χ4n) is 2.49. The zero-order valence-electron chi connectivity index (χ0n) is 15.4. The van der Waals surface area contributed by atoms with E-state index in [2.05, 4.69) is 5.32 Å². The Labute approximate surface area is 175 Å². The van der Waals surface area contributed by atoms with Gasteiger partial charge in [0.25, 0.3) is 11.8 Å². The maximum atomic E-state index is 12.6. The summed E-state index contributed by atoms with van der Waals surface area (Å²) in [5, 5.41) is 2.74. The minimum atomic E-state index is -0.631. The number of anilines is 1. The van der Waals surface area contributed by atoms with Crippen LogP contribution >= 0.6 is 22.9 Å². The zero-order valence-corrected chi connectivity index (χ0v) is 17.0. The van der Waals surface area contributed by atoms with Gasteiger partial charge in [-0.3, -0.25) is 9.59 Å². The number of carbonyl (C=O) groups excluding carboxylic acids is 3. The van der Waals surface area contributed by atoms with E-state index in [-0.39, 0.29) is 12.5 Å². The molecule has 0 bridgehead atoms. The third-order valence-corrected chi connectivity index (χ3v) is 5.20. The minimum Gasteiger partial charge on any atom is -0.467 e. The monoisotopic (exact) mass is 432 g/mol. The van der Waals surface area contributed by atoms with Crippen LogP contribution in [0.25, 0.3) is 0 Å². The van der Waals surface area contributed by atoms with Crippen LogP contribution in [0.3, 0.4) is 0 Å². The van der Waals surface area contributed by atoms with Crippen molar-refractivity contribution in [1.82, 2.24) is 5.32 Å². The lowest BCUT2D eigenvalue weighted by atomic mass is 10.1. The van der Waals surface area contributed by atoms with Crippen molar-refractivity contribution in [1.29, 1.82) is 0 Å². The number of rotatable bonds is 7. The number of furan rings is 1. The number of para-hydroxylation sites is 1. The van der Waals surface area contributed by atoms with Crippen molar-refractivity contribution >= 4 is 46.4 Å². The van der Waals surface area contributed by atoms with E-state index in [0.29, 0.717) is 26.2 Å². The lowest BCUT2D eigenvalue weighted by Crippen LogP contribution is -2.33. The maximum absolute atomic E-state index is 12.6. The van der Waals surface area contributed by atoms with Crippen LogP contribution in [-0.2, 0) is 16.1 Å². The summed E-state index contributed by atoms with van der Waals surface area (Å²) in [4.78, 5) is 38.6. The second-order valence-corrected chi connectivity index (χ2v) is 7.63. The number of hydrogen-bond donors (Lipinski definition) is 1. The van der Waals surface area contributed by atoms with E-state index in [1.54, 1.807) is 42.5 Å². The smallest absolute Gasteiger partial charge is 0.348 e. The normalized spacial score (nSPS) is 10.4. The number of amides is 2. The van der Waals surface area contributed by atoms with Crippen molar-refractivity contribution in [3.05, 3.63) is 75.3 Å². The zero-order chi connectivity index (χ0) is 20.8.